The van der Waals surface area contributed by atoms with Crippen molar-refractivity contribution >= 4 is 28.8 Å². The molecular formula is C19H14N2O5S. The average Bonchev–Trinajstić information content (AvgIpc) is 3.36. The number of aliphatic hydroxyl groups is 1. The van der Waals surface area contributed by atoms with Gasteiger partial charge in [0.2, 0.25) is 5.78 Å². The van der Waals surface area contributed by atoms with Crippen LogP contribution in [0.2, 0.25) is 0 Å². The van der Waals surface area contributed by atoms with Crippen molar-refractivity contribution in [2.75, 3.05) is 4.90 Å². The minimum Gasteiger partial charge on any atom is -0.508 e. The number of aromatic hydroxyl groups is 1. The standard InChI is InChI=1S/C19H14N2O5S/c1-10-8-14(20-26-10)21-16(11-4-2-5-12(22)9-11)15(18(24)19(21)25)17(23)13-6-3-7-27-13/h2-9,16,22,24H,1H3/t16-/m0/s1. The molecule has 0 fully saturated rings. The van der Waals surface area contributed by atoms with Gasteiger partial charge in [-0.05, 0) is 36.1 Å². The molecule has 7 nitrogen and oxygen atoms in total. The van der Waals surface area contributed by atoms with Crippen molar-refractivity contribution in [3.8, 4) is 5.75 Å². The number of nitrogens with zero attached hydrogens (tertiary/aromatic N) is 2. The molecule has 2 N–H and O–H groups in total. The number of hydrogen-bond donors (Lipinski definition) is 2. The van der Waals surface area contributed by atoms with E-state index in [1.54, 1.807) is 42.6 Å². The Hall–Kier alpha value is -3.39. The Bertz CT molecular complexity index is 1070. The van der Waals surface area contributed by atoms with E-state index in [2.05, 4.69) is 5.16 Å². The molecule has 3 aromatic rings. The quantitative estimate of drug-likeness (QED) is 0.669. The van der Waals surface area contributed by atoms with Crippen molar-refractivity contribution in [1.82, 2.24) is 5.16 Å². The first-order valence-corrected chi connectivity index (χ1v) is 8.92. The Balaban J connectivity index is 1.89. The van der Waals surface area contributed by atoms with Crippen molar-refractivity contribution in [1.29, 1.82) is 0 Å². The first kappa shape index (κ1) is 17.0. The lowest BCUT2D eigenvalue weighted by Gasteiger charge is -2.24. The van der Waals surface area contributed by atoms with Gasteiger partial charge in [-0.3, -0.25) is 14.5 Å². The van der Waals surface area contributed by atoms with E-state index in [1.165, 1.54) is 28.4 Å². The highest BCUT2D eigenvalue weighted by molar-refractivity contribution is 7.12. The number of amides is 1. The summed E-state index contributed by atoms with van der Waals surface area (Å²) in [6, 6.07) is 10.1. The number of rotatable bonds is 4. The number of thiophene rings is 1. The summed E-state index contributed by atoms with van der Waals surface area (Å²) in [5, 5.41) is 26.0. The Morgan fingerprint density at radius 2 is 2.04 bits per heavy atom. The second-order valence-electron chi connectivity index (χ2n) is 6.04. The lowest BCUT2D eigenvalue weighted by molar-refractivity contribution is -0.117. The van der Waals surface area contributed by atoms with Crippen LogP contribution < -0.4 is 4.90 Å². The predicted molar refractivity (Wildman–Crippen MR) is 97.9 cm³/mol. The number of carbonyl (C=O) groups excluding carboxylic acids is 2. The fourth-order valence-electron chi connectivity index (χ4n) is 3.09. The monoisotopic (exact) mass is 382 g/mol. The van der Waals surface area contributed by atoms with Crippen LogP contribution >= 0.6 is 11.3 Å². The number of anilines is 1. The van der Waals surface area contributed by atoms with Gasteiger partial charge in [-0.25, -0.2) is 0 Å². The van der Waals surface area contributed by atoms with E-state index in [0.717, 1.165) is 0 Å². The number of carbonyl (C=O) groups is 2. The zero-order chi connectivity index (χ0) is 19.1. The molecule has 0 bridgehead atoms. The summed E-state index contributed by atoms with van der Waals surface area (Å²) >= 11 is 1.21. The first-order valence-electron chi connectivity index (χ1n) is 8.04. The van der Waals surface area contributed by atoms with E-state index in [1.807, 2.05) is 0 Å². The van der Waals surface area contributed by atoms with Gasteiger partial charge in [0.25, 0.3) is 5.91 Å². The average molecular weight is 382 g/mol. The van der Waals surface area contributed by atoms with Gasteiger partial charge in [0.1, 0.15) is 11.5 Å². The molecule has 0 saturated carbocycles. The van der Waals surface area contributed by atoms with Gasteiger partial charge < -0.3 is 14.7 Å². The molecule has 27 heavy (non-hydrogen) atoms. The van der Waals surface area contributed by atoms with Crippen LogP contribution in [-0.4, -0.2) is 27.1 Å². The van der Waals surface area contributed by atoms with Crippen LogP contribution in [0.1, 0.15) is 27.0 Å². The lowest BCUT2D eigenvalue weighted by Crippen LogP contribution is -2.31. The number of hydrogen-bond acceptors (Lipinski definition) is 7. The van der Waals surface area contributed by atoms with Gasteiger partial charge in [-0.2, -0.15) is 0 Å². The van der Waals surface area contributed by atoms with Crippen LogP contribution in [0.5, 0.6) is 5.75 Å². The number of ketones is 1. The van der Waals surface area contributed by atoms with Crippen LogP contribution in [0.25, 0.3) is 0 Å². The molecule has 3 heterocycles. The maximum atomic E-state index is 13.0. The van der Waals surface area contributed by atoms with E-state index in [4.69, 9.17) is 4.52 Å². The number of aliphatic hydroxyl groups excluding tert-OH is 1. The SMILES string of the molecule is Cc1cc(N2C(=O)C(O)=C(C(=O)c3cccs3)[C@@H]2c2cccc(O)c2)no1. The molecule has 0 unspecified atom stereocenters. The second-order valence-corrected chi connectivity index (χ2v) is 6.98. The minimum atomic E-state index is -0.941. The van der Waals surface area contributed by atoms with E-state index in [-0.39, 0.29) is 17.1 Å². The third-order valence-electron chi connectivity index (χ3n) is 4.25. The molecule has 1 amide bonds. The van der Waals surface area contributed by atoms with Crippen molar-refractivity contribution in [3.05, 3.63) is 75.4 Å². The summed E-state index contributed by atoms with van der Waals surface area (Å²) in [5.41, 5.74) is 0.404. The van der Waals surface area contributed by atoms with Gasteiger partial charge >= 0.3 is 0 Å². The lowest BCUT2D eigenvalue weighted by atomic mass is 9.95. The minimum absolute atomic E-state index is 0.0226. The zero-order valence-electron chi connectivity index (χ0n) is 14.1. The van der Waals surface area contributed by atoms with Crippen LogP contribution in [0.15, 0.2) is 63.7 Å². The maximum Gasteiger partial charge on any atom is 0.295 e. The summed E-state index contributed by atoms with van der Waals surface area (Å²) in [4.78, 5) is 27.4. The van der Waals surface area contributed by atoms with Crippen LogP contribution in [-0.2, 0) is 4.79 Å². The van der Waals surface area contributed by atoms with E-state index < -0.39 is 23.5 Å². The van der Waals surface area contributed by atoms with E-state index >= 15 is 0 Å². The first-order chi connectivity index (χ1) is 13.0. The molecule has 1 atom stereocenters. The Kier molecular flexibility index (Phi) is 4.04. The van der Waals surface area contributed by atoms with Gasteiger partial charge in [0.15, 0.2) is 11.6 Å². The summed E-state index contributed by atoms with van der Waals surface area (Å²) in [6.45, 7) is 1.67. The number of benzene rings is 1. The van der Waals surface area contributed by atoms with E-state index in [9.17, 15) is 19.8 Å². The van der Waals surface area contributed by atoms with Gasteiger partial charge in [0.05, 0.1) is 16.5 Å². The van der Waals surface area contributed by atoms with Crippen molar-refractivity contribution in [2.24, 2.45) is 0 Å². The Morgan fingerprint density at radius 1 is 1.22 bits per heavy atom. The van der Waals surface area contributed by atoms with Crippen LogP contribution in [0.3, 0.4) is 0 Å². The molecule has 0 aliphatic carbocycles. The summed E-state index contributed by atoms with van der Waals surface area (Å²) in [5.74, 6) is -1.22. The van der Waals surface area contributed by atoms with Crippen molar-refractivity contribution in [3.63, 3.8) is 0 Å². The van der Waals surface area contributed by atoms with Crippen LogP contribution in [0.4, 0.5) is 5.82 Å². The molecule has 1 aromatic carbocycles. The number of phenols is 1. The molecule has 4 rings (SSSR count). The van der Waals surface area contributed by atoms with Crippen LogP contribution in [0, 0.1) is 6.92 Å². The molecule has 1 aliphatic heterocycles. The molecule has 0 radical (unpaired) electrons. The number of phenolic OH excluding ortho intramolecular Hbond substituents is 1. The van der Waals surface area contributed by atoms with Gasteiger partial charge in [-0.1, -0.05) is 23.4 Å². The maximum absolute atomic E-state index is 13.0. The largest absolute Gasteiger partial charge is 0.508 e. The summed E-state index contributed by atoms with van der Waals surface area (Å²) in [6.07, 6.45) is 0. The molecule has 2 aromatic heterocycles. The fraction of sp³-hybridized carbons (Fsp3) is 0.105. The highest BCUT2D eigenvalue weighted by Gasteiger charge is 2.46. The third-order valence-corrected chi connectivity index (χ3v) is 5.11. The highest BCUT2D eigenvalue weighted by Crippen LogP contribution is 2.42. The van der Waals surface area contributed by atoms with Gasteiger partial charge in [-0.15, -0.1) is 11.3 Å². The van der Waals surface area contributed by atoms with Gasteiger partial charge in [0, 0.05) is 6.07 Å². The predicted octanol–water partition coefficient (Wildman–Crippen LogP) is 3.53. The topological polar surface area (TPSA) is 104 Å². The zero-order valence-corrected chi connectivity index (χ0v) is 14.9. The molecule has 8 heteroatoms. The molecule has 1 aliphatic rings. The smallest absolute Gasteiger partial charge is 0.295 e. The van der Waals surface area contributed by atoms with E-state index in [0.29, 0.717) is 16.2 Å². The molecule has 0 saturated heterocycles. The molecule has 136 valence electrons. The highest BCUT2D eigenvalue weighted by atomic mass is 32.1. The summed E-state index contributed by atoms with van der Waals surface area (Å²) < 4.78 is 5.06. The normalized spacial score (nSPS) is 17.0. The fourth-order valence-corrected chi connectivity index (χ4v) is 3.77. The Morgan fingerprint density at radius 3 is 2.67 bits per heavy atom. The van der Waals surface area contributed by atoms with Crippen molar-refractivity contribution in [2.45, 2.75) is 13.0 Å². The van der Waals surface area contributed by atoms with Crippen molar-refractivity contribution < 1.29 is 24.3 Å². The number of Topliss-reactive ketones (excluding diaryl/α,β-unsaturated/α-hetero) is 1. The number of aromatic nitrogens is 1. The number of aryl methyl sites for hydroxylation is 1. The second kappa shape index (κ2) is 6.40. The molecular weight excluding hydrogens is 368 g/mol. The molecule has 0 spiro atoms. The third kappa shape index (κ3) is 2.80. The summed E-state index contributed by atoms with van der Waals surface area (Å²) in [7, 11) is 0. The Labute approximate surface area is 157 Å².